The third-order valence-electron chi connectivity index (χ3n) is 7.01. The predicted octanol–water partition coefficient (Wildman–Crippen LogP) is 7.36. The number of aromatic amines is 1. The van der Waals surface area contributed by atoms with Crippen LogP contribution < -0.4 is 4.57 Å². The van der Waals surface area contributed by atoms with Crippen LogP contribution in [0.2, 0.25) is 0 Å². The van der Waals surface area contributed by atoms with E-state index in [0.29, 0.717) is 5.92 Å². The van der Waals surface area contributed by atoms with E-state index >= 15 is 0 Å². The van der Waals surface area contributed by atoms with E-state index in [1.807, 2.05) is 0 Å². The fourth-order valence-electron chi connectivity index (χ4n) is 4.83. The molecule has 1 heterocycles. The van der Waals surface area contributed by atoms with Gasteiger partial charge in [-0.1, -0.05) is 114 Å². The molecule has 0 amide bonds. The number of hydrogen-bond acceptors (Lipinski definition) is 0. The molecule has 0 spiro atoms. The van der Waals surface area contributed by atoms with Crippen molar-refractivity contribution in [3.05, 3.63) is 90.0 Å². The molecule has 0 fully saturated rings. The van der Waals surface area contributed by atoms with Crippen molar-refractivity contribution in [2.24, 2.45) is 0 Å². The normalized spacial score (nSPS) is 14.3. The van der Waals surface area contributed by atoms with E-state index in [9.17, 15) is 0 Å². The SMILES string of the molecule is CCCCCCCCC[n+]1cc[nH]c1C(C)C(C)(Cc1ccccc1)c1ccccc1. The van der Waals surface area contributed by atoms with Crippen LogP contribution in [-0.4, -0.2) is 4.98 Å². The van der Waals surface area contributed by atoms with Crippen LogP contribution in [0.4, 0.5) is 0 Å². The zero-order chi connectivity index (χ0) is 21.9. The largest absolute Gasteiger partial charge is 0.257 e. The van der Waals surface area contributed by atoms with Crippen molar-refractivity contribution in [3.8, 4) is 0 Å². The minimum atomic E-state index is 0.00929. The molecule has 3 aromatic rings. The molecule has 0 bridgehead atoms. The van der Waals surface area contributed by atoms with Gasteiger partial charge in [0.05, 0.1) is 12.5 Å². The van der Waals surface area contributed by atoms with Gasteiger partial charge in [-0.2, -0.15) is 0 Å². The summed E-state index contributed by atoms with van der Waals surface area (Å²) in [6, 6.07) is 22.0. The molecule has 0 radical (unpaired) electrons. The highest BCUT2D eigenvalue weighted by atomic mass is 15.1. The van der Waals surface area contributed by atoms with E-state index in [2.05, 4.69) is 103 Å². The summed E-state index contributed by atoms with van der Waals surface area (Å²) in [6.45, 7) is 8.21. The first kappa shape index (κ1) is 23.3. The summed E-state index contributed by atoms with van der Waals surface area (Å²) in [5.74, 6) is 1.71. The Balaban J connectivity index is 1.73. The summed E-state index contributed by atoms with van der Waals surface area (Å²) < 4.78 is 2.46. The Kier molecular flexibility index (Phi) is 8.94. The fourth-order valence-corrected chi connectivity index (χ4v) is 4.83. The Morgan fingerprint density at radius 1 is 0.839 bits per heavy atom. The number of nitrogens with zero attached hydrogens (tertiary/aromatic N) is 1. The van der Waals surface area contributed by atoms with Crippen molar-refractivity contribution in [1.82, 2.24) is 4.98 Å². The van der Waals surface area contributed by atoms with Crippen LogP contribution in [0.1, 0.15) is 88.6 Å². The number of rotatable bonds is 13. The van der Waals surface area contributed by atoms with Gasteiger partial charge >= 0.3 is 0 Å². The Bertz CT molecular complexity index is 868. The molecule has 2 atom stereocenters. The van der Waals surface area contributed by atoms with Crippen LogP contribution in [0, 0.1) is 0 Å². The zero-order valence-corrected chi connectivity index (χ0v) is 19.8. The first-order valence-corrected chi connectivity index (χ1v) is 12.3. The van der Waals surface area contributed by atoms with E-state index in [4.69, 9.17) is 0 Å². The fraction of sp³-hybridized carbons (Fsp3) is 0.483. The van der Waals surface area contributed by atoms with Crippen LogP contribution in [0.15, 0.2) is 73.1 Å². The second-order valence-electron chi connectivity index (χ2n) is 9.33. The van der Waals surface area contributed by atoms with Crippen LogP contribution in [0.3, 0.4) is 0 Å². The number of unbranched alkanes of at least 4 members (excludes halogenated alkanes) is 6. The minimum absolute atomic E-state index is 0.00929. The second-order valence-corrected chi connectivity index (χ2v) is 9.33. The van der Waals surface area contributed by atoms with Crippen LogP contribution >= 0.6 is 0 Å². The Labute approximate surface area is 189 Å². The van der Waals surface area contributed by atoms with Gasteiger partial charge in [0, 0.05) is 5.41 Å². The number of aryl methyl sites for hydroxylation is 1. The molecule has 0 aliphatic heterocycles. The van der Waals surface area contributed by atoms with E-state index in [-0.39, 0.29) is 5.41 Å². The number of H-pyrrole nitrogens is 1. The highest BCUT2D eigenvalue weighted by Gasteiger charge is 2.39. The third kappa shape index (κ3) is 6.32. The van der Waals surface area contributed by atoms with Crippen molar-refractivity contribution >= 4 is 0 Å². The molecular weight excluding hydrogens is 376 g/mol. The Hall–Kier alpha value is -2.35. The first-order valence-electron chi connectivity index (χ1n) is 12.3. The molecule has 3 rings (SSSR count). The zero-order valence-electron chi connectivity index (χ0n) is 19.8. The molecule has 1 aromatic heterocycles. The highest BCUT2D eigenvalue weighted by Crippen LogP contribution is 2.40. The van der Waals surface area contributed by atoms with Crippen LogP contribution in [0.5, 0.6) is 0 Å². The number of hydrogen-bond donors (Lipinski definition) is 1. The van der Waals surface area contributed by atoms with E-state index in [1.54, 1.807) is 0 Å². The van der Waals surface area contributed by atoms with Crippen molar-refractivity contribution in [3.63, 3.8) is 0 Å². The lowest BCUT2D eigenvalue weighted by molar-refractivity contribution is -0.705. The van der Waals surface area contributed by atoms with Gasteiger partial charge in [-0.3, -0.25) is 0 Å². The van der Waals surface area contributed by atoms with Gasteiger partial charge in [0.25, 0.3) is 5.82 Å². The molecule has 0 saturated carbocycles. The van der Waals surface area contributed by atoms with Gasteiger partial charge in [-0.15, -0.1) is 0 Å². The summed E-state index contributed by atoms with van der Waals surface area (Å²) in [5, 5.41) is 0. The monoisotopic (exact) mass is 417 g/mol. The average Bonchev–Trinajstić information content (AvgIpc) is 3.27. The molecule has 2 heteroatoms. The van der Waals surface area contributed by atoms with E-state index in [0.717, 1.165) is 13.0 Å². The van der Waals surface area contributed by atoms with Gasteiger partial charge in [0.15, 0.2) is 0 Å². The maximum Gasteiger partial charge on any atom is 0.257 e. The minimum Gasteiger partial charge on any atom is -0.247 e. The van der Waals surface area contributed by atoms with Gasteiger partial charge in [-0.25, -0.2) is 9.55 Å². The first-order chi connectivity index (χ1) is 15.1. The quantitative estimate of drug-likeness (QED) is 0.221. The van der Waals surface area contributed by atoms with Gasteiger partial charge < -0.3 is 0 Å². The van der Waals surface area contributed by atoms with Crippen LogP contribution in [0.25, 0.3) is 0 Å². The van der Waals surface area contributed by atoms with Gasteiger partial charge in [0.2, 0.25) is 0 Å². The van der Waals surface area contributed by atoms with Crippen molar-refractivity contribution < 1.29 is 4.57 Å². The number of benzene rings is 2. The molecule has 2 aromatic carbocycles. The van der Waals surface area contributed by atoms with Crippen molar-refractivity contribution in [1.29, 1.82) is 0 Å². The molecule has 0 aliphatic carbocycles. The van der Waals surface area contributed by atoms with Crippen LogP contribution in [-0.2, 0) is 18.4 Å². The summed E-state index contributed by atoms with van der Waals surface area (Å²) in [4.78, 5) is 3.60. The average molecular weight is 418 g/mol. The number of nitrogens with one attached hydrogen (secondary N) is 1. The van der Waals surface area contributed by atoms with Gasteiger partial charge in [0.1, 0.15) is 12.4 Å². The van der Waals surface area contributed by atoms with Crippen molar-refractivity contribution in [2.75, 3.05) is 0 Å². The predicted molar refractivity (Wildman–Crippen MR) is 131 cm³/mol. The topological polar surface area (TPSA) is 19.7 Å². The standard InChI is InChI=1S/C29H40N2/c1-4-5-6-7-8-9-16-22-31-23-21-30-28(31)25(2)29(3,27-19-14-11-15-20-27)24-26-17-12-10-13-18-26/h10-15,17-21,23,25H,4-9,16,22,24H2,1-3H3/p+1. The van der Waals surface area contributed by atoms with Crippen molar-refractivity contribution in [2.45, 2.75) is 90.0 Å². The van der Waals surface area contributed by atoms with E-state index in [1.165, 1.54) is 61.9 Å². The number of aromatic nitrogens is 2. The summed E-state index contributed by atoms with van der Waals surface area (Å²) in [7, 11) is 0. The lowest BCUT2D eigenvalue weighted by Crippen LogP contribution is -2.42. The summed E-state index contributed by atoms with van der Waals surface area (Å²) >= 11 is 0. The molecule has 1 N–H and O–H groups in total. The van der Waals surface area contributed by atoms with E-state index < -0.39 is 0 Å². The summed E-state index contributed by atoms with van der Waals surface area (Å²) in [6.07, 6.45) is 14.8. The molecule has 166 valence electrons. The van der Waals surface area contributed by atoms with Gasteiger partial charge in [-0.05, 0) is 30.4 Å². The number of imidazole rings is 1. The Morgan fingerprint density at radius 3 is 2.13 bits per heavy atom. The Morgan fingerprint density at radius 2 is 1.45 bits per heavy atom. The lowest BCUT2D eigenvalue weighted by Gasteiger charge is -2.34. The molecule has 0 aliphatic rings. The molecule has 0 saturated heterocycles. The highest BCUT2D eigenvalue weighted by molar-refractivity contribution is 5.32. The molecule has 2 unspecified atom stereocenters. The molecule has 2 nitrogen and oxygen atoms in total. The lowest BCUT2D eigenvalue weighted by atomic mass is 9.68. The maximum absolute atomic E-state index is 3.60. The smallest absolute Gasteiger partial charge is 0.247 e. The summed E-state index contributed by atoms with van der Waals surface area (Å²) in [5.41, 5.74) is 2.81. The third-order valence-corrected chi connectivity index (χ3v) is 7.01. The second kappa shape index (κ2) is 11.9. The molecular formula is C29H41N2+. The molecule has 31 heavy (non-hydrogen) atoms. The maximum atomic E-state index is 3.60.